The number of benzene rings is 2. The third kappa shape index (κ3) is 7.04. The fourth-order valence-electron chi connectivity index (χ4n) is 2.19. The van der Waals surface area contributed by atoms with Crippen LogP contribution in [0.1, 0.15) is 18.1 Å². The summed E-state index contributed by atoms with van der Waals surface area (Å²) in [5.74, 6) is 0.723. The van der Waals surface area contributed by atoms with E-state index in [1.54, 1.807) is 30.3 Å². The summed E-state index contributed by atoms with van der Waals surface area (Å²) in [5, 5.41) is 6.29. The average Bonchev–Trinajstić information content (AvgIpc) is 2.64. The van der Waals surface area contributed by atoms with Crippen LogP contribution in [0.2, 0.25) is 0 Å². The maximum atomic E-state index is 12.9. The average molecular weight is 365 g/mol. The number of guanidine groups is 1. The van der Waals surface area contributed by atoms with E-state index in [-0.39, 0.29) is 5.82 Å². The summed E-state index contributed by atoms with van der Waals surface area (Å²) in [5.41, 5.74) is 1.77. The van der Waals surface area contributed by atoms with Gasteiger partial charge in [-0.3, -0.25) is 0 Å². The molecule has 0 aromatic heterocycles. The number of hydrogen-bond acceptors (Lipinski definition) is 2. The summed E-state index contributed by atoms with van der Waals surface area (Å²) in [7, 11) is 0. The van der Waals surface area contributed by atoms with Crippen LogP contribution >= 0.6 is 0 Å². The molecule has 0 radical (unpaired) electrons. The molecule has 0 aliphatic rings. The van der Waals surface area contributed by atoms with Crippen LogP contribution in [-0.2, 0) is 13.1 Å². The van der Waals surface area contributed by atoms with Gasteiger partial charge in [-0.15, -0.1) is 0 Å². The highest BCUT2D eigenvalue weighted by Gasteiger charge is 2.04. The molecule has 0 saturated heterocycles. The highest BCUT2D eigenvalue weighted by Crippen LogP contribution is 2.15. The predicted octanol–water partition coefficient (Wildman–Crippen LogP) is 3.72. The highest BCUT2D eigenvalue weighted by molar-refractivity contribution is 5.79. The molecule has 4 nitrogen and oxygen atoms in total. The van der Waals surface area contributed by atoms with Crippen LogP contribution in [0.4, 0.5) is 13.2 Å². The van der Waals surface area contributed by atoms with Crippen molar-refractivity contribution in [3.63, 3.8) is 0 Å². The van der Waals surface area contributed by atoms with Gasteiger partial charge in [0.05, 0.1) is 6.54 Å². The smallest absolute Gasteiger partial charge is 0.272 e. The van der Waals surface area contributed by atoms with Crippen molar-refractivity contribution < 1.29 is 17.9 Å². The molecular weight excluding hydrogens is 343 g/mol. The Labute approximate surface area is 151 Å². The Morgan fingerprint density at radius 1 is 1.08 bits per heavy atom. The fraction of sp³-hybridized carbons (Fsp3) is 0.316. The molecule has 7 heteroatoms. The Balaban J connectivity index is 1.95. The quantitative estimate of drug-likeness (QED) is 0.554. The van der Waals surface area contributed by atoms with Gasteiger partial charge >= 0.3 is 0 Å². The molecule has 26 heavy (non-hydrogen) atoms. The molecular formula is C19H22F3N3O. The summed E-state index contributed by atoms with van der Waals surface area (Å²) in [4.78, 5) is 4.47. The van der Waals surface area contributed by atoms with Crippen molar-refractivity contribution in [1.29, 1.82) is 0 Å². The monoisotopic (exact) mass is 365 g/mol. The molecule has 0 saturated carbocycles. The number of rotatable bonds is 8. The number of nitrogens with zero attached hydrogens (tertiary/aromatic N) is 1. The number of ether oxygens (including phenoxy) is 1. The summed E-state index contributed by atoms with van der Waals surface area (Å²) in [6, 6.07) is 13.1. The number of alkyl halides is 2. The zero-order valence-corrected chi connectivity index (χ0v) is 14.5. The lowest BCUT2D eigenvalue weighted by molar-refractivity contribution is 0.0818. The standard InChI is InChI=1S/C19H22F3N3O/c1-2-23-19(24-11-14-6-8-16(20)9-7-14)25-12-15-4-3-5-17(10-15)26-13-18(21)22/h3-10,18H,2,11-13H2,1H3,(H2,23,24,25). The Morgan fingerprint density at radius 3 is 2.54 bits per heavy atom. The highest BCUT2D eigenvalue weighted by atomic mass is 19.3. The van der Waals surface area contributed by atoms with Crippen LogP contribution < -0.4 is 15.4 Å². The van der Waals surface area contributed by atoms with Crippen molar-refractivity contribution in [3.05, 3.63) is 65.5 Å². The first-order valence-corrected chi connectivity index (χ1v) is 8.33. The van der Waals surface area contributed by atoms with Crippen LogP contribution in [0, 0.1) is 5.82 Å². The van der Waals surface area contributed by atoms with Crippen molar-refractivity contribution >= 4 is 5.96 Å². The van der Waals surface area contributed by atoms with E-state index in [2.05, 4.69) is 15.6 Å². The summed E-state index contributed by atoms with van der Waals surface area (Å²) in [6.07, 6.45) is -2.51. The molecule has 2 rings (SSSR count). The van der Waals surface area contributed by atoms with Crippen LogP contribution in [0.3, 0.4) is 0 Å². The zero-order chi connectivity index (χ0) is 18.8. The maximum Gasteiger partial charge on any atom is 0.272 e. The minimum atomic E-state index is -2.51. The topological polar surface area (TPSA) is 45.7 Å². The molecule has 2 N–H and O–H groups in total. The lowest BCUT2D eigenvalue weighted by Crippen LogP contribution is -2.36. The van der Waals surface area contributed by atoms with Gasteiger partial charge in [0.1, 0.15) is 18.2 Å². The van der Waals surface area contributed by atoms with Crippen molar-refractivity contribution in [1.82, 2.24) is 10.6 Å². The van der Waals surface area contributed by atoms with Gasteiger partial charge in [0, 0.05) is 13.1 Å². The molecule has 0 heterocycles. The van der Waals surface area contributed by atoms with Crippen molar-refractivity contribution in [2.24, 2.45) is 4.99 Å². The third-order valence-corrected chi connectivity index (χ3v) is 3.41. The van der Waals surface area contributed by atoms with E-state index in [1.807, 2.05) is 13.0 Å². The van der Waals surface area contributed by atoms with Gasteiger partial charge < -0.3 is 15.4 Å². The van der Waals surface area contributed by atoms with E-state index < -0.39 is 13.0 Å². The summed E-state index contributed by atoms with van der Waals surface area (Å²) >= 11 is 0. The fourth-order valence-corrected chi connectivity index (χ4v) is 2.19. The molecule has 0 atom stereocenters. The van der Waals surface area contributed by atoms with Crippen LogP contribution in [0.15, 0.2) is 53.5 Å². The van der Waals surface area contributed by atoms with Crippen molar-refractivity contribution in [3.8, 4) is 5.75 Å². The second kappa shape index (κ2) is 10.3. The normalized spacial score (nSPS) is 11.5. The van der Waals surface area contributed by atoms with E-state index in [4.69, 9.17) is 4.74 Å². The molecule has 140 valence electrons. The van der Waals surface area contributed by atoms with Gasteiger partial charge in [-0.2, -0.15) is 0 Å². The Bertz CT molecular complexity index is 705. The largest absolute Gasteiger partial charge is 0.488 e. The number of hydrogen-bond donors (Lipinski definition) is 2. The SMILES string of the molecule is CCNC(=NCc1cccc(OCC(F)F)c1)NCc1ccc(F)cc1. The zero-order valence-electron chi connectivity index (χ0n) is 14.5. The van der Waals surface area contributed by atoms with Crippen LogP contribution in [-0.4, -0.2) is 25.5 Å². The van der Waals surface area contributed by atoms with Gasteiger partial charge in [-0.1, -0.05) is 24.3 Å². The second-order valence-electron chi connectivity index (χ2n) is 5.52. The van der Waals surface area contributed by atoms with Gasteiger partial charge in [0.25, 0.3) is 6.43 Å². The molecule has 0 amide bonds. The second-order valence-corrected chi connectivity index (χ2v) is 5.52. The number of nitrogens with one attached hydrogen (secondary N) is 2. The Kier molecular flexibility index (Phi) is 7.79. The predicted molar refractivity (Wildman–Crippen MR) is 96.0 cm³/mol. The lowest BCUT2D eigenvalue weighted by atomic mass is 10.2. The molecule has 0 unspecified atom stereocenters. The van der Waals surface area contributed by atoms with E-state index in [9.17, 15) is 13.2 Å². The molecule has 0 fully saturated rings. The Morgan fingerprint density at radius 2 is 1.85 bits per heavy atom. The first-order chi connectivity index (χ1) is 12.6. The van der Waals surface area contributed by atoms with Crippen LogP contribution in [0.5, 0.6) is 5.75 Å². The Hall–Kier alpha value is -2.70. The number of halogens is 3. The van der Waals surface area contributed by atoms with Gasteiger partial charge in [-0.05, 0) is 42.3 Å². The van der Waals surface area contributed by atoms with Gasteiger partial charge in [0.2, 0.25) is 0 Å². The molecule has 0 spiro atoms. The number of aliphatic imine (C=N–C) groups is 1. The van der Waals surface area contributed by atoms with E-state index in [0.717, 1.165) is 11.1 Å². The van der Waals surface area contributed by atoms with E-state index in [1.165, 1.54) is 12.1 Å². The third-order valence-electron chi connectivity index (χ3n) is 3.41. The van der Waals surface area contributed by atoms with E-state index in [0.29, 0.717) is 31.3 Å². The van der Waals surface area contributed by atoms with Crippen LogP contribution in [0.25, 0.3) is 0 Å². The first kappa shape index (κ1) is 19.6. The molecule has 0 bridgehead atoms. The molecule has 0 aliphatic heterocycles. The summed E-state index contributed by atoms with van der Waals surface area (Å²) in [6.45, 7) is 2.88. The minimum Gasteiger partial charge on any atom is -0.488 e. The van der Waals surface area contributed by atoms with Crippen molar-refractivity contribution in [2.75, 3.05) is 13.2 Å². The van der Waals surface area contributed by atoms with Gasteiger partial charge in [0.15, 0.2) is 5.96 Å². The van der Waals surface area contributed by atoms with E-state index >= 15 is 0 Å². The molecule has 0 aliphatic carbocycles. The molecule has 2 aromatic rings. The summed E-state index contributed by atoms with van der Waals surface area (Å²) < 4.78 is 42.4. The van der Waals surface area contributed by atoms with Gasteiger partial charge in [-0.25, -0.2) is 18.2 Å². The first-order valence-electron chi connectivity index (χ1n) is 8.33. The molecule has 2 aromatic carbocycles. The maximum absolute atomic E-state index is 12.9. The minimum absolute atomic E-state index is 0.275. The lowest BCUT2D eigenvalue weighted by Gasteiger charge is -2.12. The van der Waals surface area contributed by atoms with Crippen molar-refractivity contribution in [2.45, 2.75) is 26.4 Å².